The van der Waals surface area contributed by atoms with Crippen molar-refractivity contribution >= 4 is 46.8 Å². The predicted octanol–water partition coefficient (Wildman–Crippen LogP) is 5.42. The molecule has 7 heteroatoms. The molecular weight excluding hydrogens is 427 g/mol. The fourth-order valence-electron chi connectivity index (χ4n) is 2.62. The summed E-state index contributed by atoms with van der Waals surface area (Å²) in [5, 5.41) is 4.18. The molecule has 0 spiro atoms. The van der Waals surface area contributed by atoms with Gasteiger partial charge in [0, 0.05) is 27.5 Å². The van der Waals surface area contributed by atoms with Crippen LogP contribution in [0.2, 0.25) is 10.0 Å². The largest absolute Gasteiger partial charge is 0.352 e. The predicted molar refractivity (Wildman–Crippen MR) is 122 cm³/mol. The first-order valence-corrected chi connectivity index (χ1v) is 11.3. The SMILES string of the molecule is CC[C@@H](C)NC(=O)[C@@H](C)N(Cc1ccccc1Cl)C(=O)CSc1ccc(Cl)cc1. The highest BCUT2D eigenvalue weighted by Gasteiger charge is 2.27. The van der Waals surface area contributed by atoms with E-state index in [9.17, 15) is 9.59 Å². The number of carbonyl (C=O) groups is 2. The van der Waals surface area contributed by atoms with Crippen LogP contribution in [-0.2, 0) is 16.1 Å². The molecule has 1 N–H and O–H groups in total. The van der Waals surface area contributed by atoms with Crippen LogP contribution in [0.1, 0.15) is 32.8 Å². The lowest BCUT2D eigenvalue weighted by molar-refractivity contribution is -0.138. The molecule has 29 heavy (non-hydrogen) atoms. The first-order chi connectivity index (χ1) is 13.8. The van der Waals surface area contributed by atoms with Crippen molar-refractivity contribution in [1.82, 2.24) is 10.2 Å². The standard InChI is InChI=1S/C22H26Cl2N2O2S/c1-4-15(2)25-22(28)16(3)26(13-17-7-5-6-8-20(17)24)21(27)14-29-19-11-9-18(23)10-12-19/h5-12,15-16H,4,13-14H2,1-3H3,(H,25,28)/t15-,16-/m1/s1. The number of hydrogen-bond donors (Lipinski definition) is 1. The van der Waals surface area contributed by atoms with Crippen LogP contribution in [0, 0.1) is 0 Å². The number of halogens is 2. The van der Waals surface area contributed by atoms with Gasteiger partial charge in [-0.15, -0.1) is 11.8 Å². The number of carbonyl (C=O) groups excluding carboxylic acids is 2. The second kappa shape index (κ2) is 11.5. The Morgan fingerprint density at radius 3 is 2.34 bits per heavy atom. The molecule has 0 saturated heterocycles. The van der Waals surface area contributed by atoms with Gasteiger partial charge >= 0.3 is 0 Å². The van der Waals surface area contributed by atoms with E-state index in [4.69, 9.17) is 23.2 Å². The summed E-state index contributed by atoms with van der Waals surface area (Å²) in [6, 6.07) is 14.1. The van der Waals surface area contributed by atoms with Gasteiger partial charge in [-0.25, -0.2) is 0 Å². The number of amides is 2. The molecule has 0 saturated carbocycles. The molecule has 2 aromatic rings. The fourth-order valence-corrected chi connectivity index (χ4v) is 3.72. The Labute approximate surface area is 187 Å². The molecule has 4 nitrogen and oxygen atoms in total. The van der Waals surface area contributed by atoms with Crippen molar-refractivity contribution in [2.24, 2.45) is 0 Å². The lowest BCUT2D eigenvalue weighted by Gasteiger charge is -2.30. The summed E-state index contributed by atoms with van der Waals surface area (Å²) in [6.07, 6.45) is 0.823. The van der Waals surface area contributed by atoms with Crippen molar-refractivity contribution in [3.63, 3.8) is 0 Å². The number of rotatable bonds is 9. The van der Waals surface area contributed by atoms with Crippen LogP contribution in [0.3, 0.4) is 0 Å². The van der Waals surface area contributed by atoms with Crippen molar-refractivity contribution in [3.8, 4) is 0 Å². The van der Waals surface area contributed by atoms with Gasteiger partial charge in [-0.05, 0) is 56.2 Å². The molecule has 2 rings (SSSR count). The van der Waals surface area contributed by atoms with E-state index in [1.165, 1.54) is 11.8 Å². The van der Waals surface area contributed by atoms with Crippen LogP contribution in [0.15, 0.2) is 53.4 Å². The van der Waals surface area contributed by atoms with Gasteiger partial charge in [0.1, 0.15) is 6.04 Å². The maximum Gasteiger partial charge on any atom is 0.242 e. The third-order valence-electron chi connectivity index (χ3n) is 4.64. The third-order valence-corrected chi connectivity index (χ3v) is 6.26. The first kappa shape index (κ1) is 23.6. The summed E-state index contributed by atoms with van der Waals surface area (Å²) in [6.45, 7) is 5.97. The Bertz CT molecular complexity index is 830. The Morgan fingerprint density at radius 1 is 1.07 bits per heavy atom. The molecule has 2 atom stereocenters. The van der Waals surface area contributed by atoms with E-state index in [2.05, 4.69) is 5.32 Å². The van der Waals surface area contributed by atoms with Gasteiger partial charge in [-0.2, -0.15) is 0 Å². The highest BCUT2D eigenvalue weighted by Crippen LogP contribution is 2.23. The zero-order chi connectivity index (χ0) is 21.4. The zero-order valence-corrected chi connectivity index (χ0v) is 19.2. The number of nitrogens with one attached hydrogen (secondary N) is 1. The summed E-state index contributed by atoms with van der Waals surface area (Å²) in [4.78, 5) is 28.3. The van der Waals surface area contributed by atoms with E-state index in [0.29, 0.717) is 10.0 Å². The molecule has 0 heterocycles. The van der Waals surface area contributed by atoms with Crippen molar-refractivity contribution in [2.45, 2.75) is 50.7 Å². The monoisotopic (exact) mass is 452 g/mol. The van der Waals surface area contributed by atoms with E-state index in [-0.39, 0.29) is 30.2 Å². The van der Waals surface area contributed by atoms with Gasteiger partial charge in [0.15, 0.2) is 0 Å². The Kier molecular flexibility index (Phi) is 9.34. The molecule has 0 aromatic heterocycles. The van der Waals surface area contributed by atoms with Crippen LogP contribution in [0.25, 0.3) is 0 Å². The molecule has 2 amide bonds. The highest BCUT2D eigenvalue weighted by atomic mass is 35.5. The molecule has 2 aromatic carbocycles. The van der Waals surface area contributed by atoms with E-state index < -0.39 is 6.04 Å². The maximum absolute atomic E-state index is 13.1. The van der Waals surface area contributed by atoms with Crippen LogP contribution >= 0.6 is 35.0 Å². The number of hydrogen-bond acceptors (Lipinski definition) is 3. The van der Waals surface area contributed by atoms with Gasteiger partial charge in [0.25, 0.3) is 0 Å². The van der Waals surface area contributed by atoms with Crippen molar-refractivity contribution < 1.29 is 9.59 Å². The van der Waals surface area contributed by atoms with E-state index in [1.54, 1.807) is 30.0 Å². The van der Waals surface area contributed by atoms with Crippen LogP contribution < -0.4 is 5.32 Å². The average Bonchev–Trinajstić information content (AvgIpc) is 2.71. The number of benzene rings is 2. The Balaban J connectivity index is 2.15. The van der Waals surface area contributed by atoms with E-state index in [0.717, 1.165) is 16.9 Å². The smallest absolute Gasteiger partial charge is 0.242 e. The summed E-state index contributed by atoms with van der Waals surface area (Å²) in [5.41, 5.74) is 0.808. The van der Waals surface area contributed by atoms with Gasteiger partial charge in [0.05, 0.1) is 5.75 Å². The second-order valence-corrected chi connectivity index (χ2v) is 8.74. The van der Waals surface area contributed by atoms with E-state index >= 15 is 0 Å². The molecule has 0 radical (unpaired) electrons. The van der Waals surface area contributed by atoms with Gasteiger partial charge < -0.3 is 10.2 Å². The minimum absolute atomic E-state index is 0.0469. The molecule has 0 aliphatic rings. The summed E-state index contributed by atoms with van der Waals surface area (Å²) in [7, 11) is 0. The summed E-state index contributed by atoms with van der Waals surface area (Å²) < 4.78 is 0. The second-order valence-electron chi connectivity index (χ2n) is 6.85. The lowest BCUT2D eigenvalue weighted by atomic mass is 10.1. The minimum atomic E-state index is -0.612. The highest BCUT2D eigenvalue weighted by molar-refractivity contribution is 8.00. The molecular formula is C22H26Cl2N2O2S. The fraction of sp³-hybridized carbons (Fsp3) is 0.364. The quantitative estimate of drug-likeness (QED) is 0.516. The first-order valence-electron chi connectivity index (χ1n) is 9.53. The van der Waals surface area contributed by atoms with Crippen molar-refractivity contribution in [2.75, 3.05) is 5.75 Å². The lowest BCUT2D eigenvalue weighted by Crippen LogP contribution is -2.50. The number of thioether (sulfide) groups is 1. The maximum atomic E-state index is 13.1. The average molecular weight is 453 g/mol. The number of nitrogens with zero attached hydrogens (tertiary/aromatic N) is 1. The summed E-state index contributed by atoms with van der Waals surface area (Å²) >= 11 is 13.6. The third kappa shape index (κ3) is 7.25. The van der Waals surface area contributed by atoms with Gasteiger partial charge in [-0.3, -0.25) is 9.59 Å². The van der Waals surface area contributed by atoms with Crippen LogP contribution in [0.5, 0.6) is 0 Å². The molecule has 0 aliphatic carbocycles. The molecule has 156 valence electrons. The Hall–Kier alpha value is -1.69. The van der Waals surface area contributed by atoms with Gasteiger partial charge in [-0.1, -0.05) is 48.3 Å². The topological polar surface area (TPSA) is 49.4 Å². The molecule has 0 unspecified atom stereocenters. The van der Waals surface area contributed by atoms with E-state index in [1.807, 2.05) is 44.2 Å². The van der Waals surface area contributed by atoms with Crippen LogP contribution in [0.4, 0.5) is 0 Å². The van der Waals surface area contributed by atoms with Gasteiger partial charge in [0.2, 0.25) is 11.8 Å². The molecule has 0 aliphatic heterocycles. The van der Waals surface area contributed by atoms with Crippen molar-refractivity contribution in [3.05, 3.63) is 64.1 Å². The molecule has 0 fully saturated rings. The minimum Gasteiger partial charge on any atom is -0.352 e. The Morgan fingerprint density at radius 2 is 1.72 bits per heavy atom. The van der Waals surface area contributed by atoms with Crippen LogP contribution in [-0.4, -0.2) is 34.6 Å². The van der Waals surface area contributed by atoms with Crippen molar-refractivity contribution in [1.29, 1.82) is 0 Å². The summed E-state index contributed by atoms with van der Waals surface area (Å²) in [5.74, 6) is -0.0829. The normalized spacial score (nSPS) is 12.9. The molecule has 0 bridgehead atoms. The zero-order valence-electron chi connectivity index (χ0n) is 16.8.